The van der Waals surface area contributed by atoms with Gasteiger partial charge < -0.3 is 10.5 Å². The number of hydrogen-bond acceptors (Lipinski definition) is 4. The molecule has 2 rings (SSSR count). The minimum absolute atomic E-state index is 0.265. The van der Waals surface area contributed by atoms with Crippen LogP contribution >= 0.6 is 11.6 Å². The van der Waals surface area contributed by atoms with Gasteiger partial charge in [0.15, 0.2) is 0 Å². The molecule has 0 saturated heterocycles. The van der Waals surface area contributed by atoms with Crippen molar-refractivity contribution in [3.05, 3.63) is 46.9 Å². The number of primary amides is 1. The topological polar surface area (TPSA) is 78.1 Å². The predicted molar refractivity (Wildman–Crippen MR) is 66.8 cm³/mol. The molecule has 1 amide bonds. The number of para-hydroxylation sites is 1. The van der Waals surface area contributed by atoms with E-state index in [-0.39, 0.29) is 16.6 Å². The summed E-state index contributed by atoms with van der Waals surface area (Å²) in [4.78, 5) is 19.2. The lowest BCUT2D eigenvalue weighted by molar-refractivity contribution is 0.0998. The third kappa shape index (κ3) is 2.75. The highest BCUT2D eigenvalue weighted by Gasteiger charge is 2.10. The number of rotatable bonds is 3. The highest BCUT2D eigenvalue weighted by molar-refractivity contribution is 6.29. The lowest BCUT2D eigenvalue weighted by atomic mass is 10.2. The molecule has 18 heavy (non-hydrogen) atoms. The summed E-state index contributed by atoms with van der Waals surface area (Å²) in [6, 6.07) is 8.10. The zero-order valence-corrected chi connectivity index (χ0v) is 10.3. The van der Waals surface area contributed by atoms with Gasteiger partial charge in [0.25, 0.3) is 5.91 Å². The molecule has 0 aliphatic rings. The Kier molecular flexibility index (Phi) is 3.43. The van der Waals surface area contributed by atoms with E-state index in [4.69, 9.17) is 22.1 Å². The first-order valence-electron chi connectivity index (χ1n) is 5.14. The third-order valence-electron chi connectivity index (χ3n) is 2.15. The SMILES string of the molecule is Cc1nc(Cl)cc(Oc2ccccc2C(N)=O)n1. The maximum absolute atomic E-state index is 11.2. The molecular weight excluding hydrogens is 254 g/mol. The lowest BCUT2D eigenvalue weighted by Crippen LogP contribution is -2.12. The number of nitrogens with two attached hydrogens (primary N) is 1. The minimum Gasteiger partial charge on any atom is -0.438 e. The van der Waals surface area contributed by atoms with Crippen LogP contribution in [0.15, 0.2) is 30.3 Å². The van der Waals surface area contributed by atoms with Crippen molar-refractivity contribution in [3.8, 4) is 11.6 Å². The van der Waals surface area contributed by atoms with Gasteiger partial charge in [-0.25, -0.2) is 4.98 Å². The minimum atomic E-state index is -0.567. The molecule has 2 N–H and O–H groups in total. The fourth-order valence-electron chi connectivity index (χ4n) is 1.43. The van der Waals surface area contributed by atoms with Crippen LogP contribution in [0, 0.1) is 6.92 Å². The van der Waals surface area contributed by atoms with Gasteiger partial charge in [-0.15, -0.1) is 0 Å². The van der Waals surface area contributed by atoms with Crippen LogP contribution in [0.1, 0.15) is 16.2 Å². The van der Waals surface area contributed by atoms with Gasteiger partial charge in [0, 0.05) is 6.07 Å². The van der Waals surface area contributed by atoms with Gasteiger partial charge in [-0.2, -0.15) is 4.98 Å². The summed E-state index contributed by atoms with van der Waals surface area (Å²) in [5.74, 6) is 0.511. The summed E-state index contributed by atoms with van der Waals surface area (Å²) in [6.45, 7) is 1.69. The zero-order chi connectivity index (χ0) is 13.1. The van der Waals surface area contributed by atoms with Crippen LogP contribution in [0.5, 0.6) is 11.6 Å². The van der Waals surface area contributed by atoms with E-state index in [0.717, 1.165) is 0 Å². The number of aryl methyl sites for hydroxylation is 1. The molecule has 0 fully saturated rings. The zero-order valence-electron chi connectivity index (χ0n) is 9.55. The average molecular weight is 264 g/mol. The van der Waals surface area contributed by atoms with E-state index in [1.54, 1.807) is 31.2 Å². The van der Waals surface area contributed by atoms with Gasteiger partial charge in [0.05, 0.1) is 5.56 Å². The maximum Gasteiger partial charge on any atom is 0.252 e. The number of amides is 1. The monoisotopic (exact) mass is 263 g/mol. The molecule has 0 atom stereocenters. The molecule has 0 unspecified atom stereocenters. The van der Waals surface area contributed by atoms with Gasteiger partial charge >= 0.3 is 0 Å². The van der Waals surface area contributed by atoms with Crippen molar-refractivity contribution in [2.24, 2.45) is 5.73 Å². The Balaban J connectivity index is 2.37. The molecule has 0 aliphatic carbocycles. The molecule has 92 valence electrons. The molecule has 0 bridgehead atoms. The average Bonchev–Trinajstić information content (AvgIpc) is 2.27. The standard InChI is InChI=1S/C12H10ClN3O2/c1-7-15-10(13)6-11(16-7)18-9-5-3-2-4-8(9)12(14)17/h2-6H,1H3,(H2,14,17). The Morgan fingerprint density at radius 3 is 2.72 bits per heavy atom. The Morgan fingerprint density at radius 1 is 1.33 bits per heavy atom. The second-order valence-corrected chi connectivity index (χ2v) is 3.93. The fraction of sp³-hybridized carbons (Fsp3) is 0.0833. The Labute approximate surface area is 109 Å². The molecule has 2 aromatic rings. The van der Waals surface area contributed by atoms with E-state index in [0.29, 0.717) is 11.6 Å². The first kappa shape index (κ1) is 12.3. The Morgan fingerprint density at radius 2 is 2.06 bits per heavy atom. The second-order valence-electron chi connectivity index (χ2n) is 3.54. The number of carbonyl (C=O) groups is 1. The van der Waals surface area contributed by atoms with E-state index < -0.39 is 5.91 Å². The number of aromatic nitrogens is 2. The van der Waals surface area contributed by atoms with Crippen molar-refractivity contribution < 1.29 is 9.53 Å². The molecule has 6 heteroatoms. The fourth-order valence-corrected chi connectivity index (χ4v) is 1.65. The lowest BCUT2D eigenvalue weighted by Gasteiger charge is -2.08. The van der Waals surface area contributed by atoms with Gasteiger partial charge in [0.1, 0.15) is 16.7 Å². The Bertz CT molecular complexity index is 581. The summed E-state index contributed by atoms with van der Waals surface area (Å²) in [7, 11) is 0. The number of nitrogens with zero attached hydrogens (tertiary/aromatic N) is 2. The third-order valence-corrected chi connectivity index (χ3v) is 2.34. The number of benzene rings is 1. The van der Waals surface area contributed by atoms with E-state index in [2.05, 4.69) is 9.97 Å². The number of halogens is 1. The van der Waals surface area contributed by atoms with Crippen LogP contribution in [-0.4, -0.2) is 15.9 Å². The van der Waals surface area contributed by atoms with Crippen LogP contribution < -0.4 is 10.5 Å². The molecule has 0 saturated carbocycles. The first-order chi connectivity index (χ1) is 8.56. The van der Waals surface area contributed by atoms with Gasteiger partial charge in [-0.05, 0) is 19.1 Å². The van der Waals surface area contributed by atoms with Gasteiger partial charge in [-0.3, -0.25) is 4.79 Å². The molecule has 0 spiro atoms. The van der Waals surface area contributed by atoms with Crippen LogP contribution in [0.3, 0.4) is 0 Å². The van der Waals surface area contributed by atoms with Crippen molar-refractivity contribution in [3.63, 3.8) is 0 Å². The second kappa shape index (κ2) is 5.01. The van der Waals surface area contributed by atoms with E-state index >= 15 is 0 Å². The van der Waals surface area contributed by atoms with Crippen LogP contribution in [0.25, 0.3) is 0 Å². The van der Waals surface area contributed by atoms with E-state index in [1.807, 2.05) is 0 Å². The molecule has 0 aliphatic heterocycles. The maximum atomic E-state index is 11.2. The number of carbonyl (C=O) groups excluding carboxylic acids is 1. The quantitative estimate of drug-likeness (QED) is 0.862. The van der Waals surface area contributed by atoms with Crippen LogP contribution in [-0.2, 0) is 0 Å². The predicted octanol–water partition coefficient (Wildman–Crippen LogP) is 2.33. The number of ether oxygens (including phenoxy) is 1. The Hall–Kier alpha value is -2.14. The van der Waals surface area contributed by atoms with Crippen LogP contribution in [0.4, 0.5) is 0 Å². The highest BCUT2D eigenvalue weighted by Crippen LogP contribution is 2.24. The van der Waals surface area contributed by atoms with E-state index in [9.17, 15) is 4.79 Å². The summed E-state index contributed by atoms with van der Waals surface area (Å²) in [5, 5.41) is 0.272. The molecule has 1 heterocycles. The molecule has 1 aromatic heterocycles. The smallest absolute Gasteiger partial charge is 0.252 e. The van der Waals surface area contributed by atoms with Crippen LogP contribution in [0.2, 0.25) is 5.15 Å². The van der Waals surface area contributed by atoms with Gasteiger partial charge in [0.2, 0.25) is 5.88 Å². The van der Waals surface area contributed by atoms with Crippen molar-refractivity contribution in [2.45, 2.75) is 6.92 Å². The summed E-state index contributed by atoms with van der Waals surface area (Å²) >= 11 is 5.80. The highest BCUT2D eigenvalue weighted by atomic mass is 35.5. The molecular formula is C12H10ClN3O2. The van der Waals surface area contributed by atoms with Crippen molar-refractivity contribution >= 4 is 17.5 Å². The summed E-state index contributed by atoms with van der Waals surface area (Å²) in [6.07, 6.45) is 0. The van der Waals surface area contributed by atoms with Gasteiger partial charge in [-0.1, -0.05) is 23.7 Å². The van der Waals surface area contributed by atoms with E-state index in [1.165, 1.54) is 6.07 Å². The normalized spacial score (nSPS) is 10.1. The largest absolute Gasteiger partial charge is 0.438 e. The summed E-state index contributed by atoms with van der Waals surface area (Å²) < 4.78 is 5.50. The molecule has 0 radical (unpaired) electrons. The first-order valence-corrected chi connectivity index (χ1v) is 5.52. The molecule has 1 aromatic carbocycles. The van der Waals surface area contributed by atoms with Crippen molar-refractivity contribution in [1.29, 1.82) is 0 Å². The number of hydrogen-bond donors (Lipinski definition) is 1. The molecule has 5 nitrogen and oxygen atoms in total. The van der Waals surface area contributed by atoms with Crippen molar-refractivity contribution in [2.75, 3.05) is 0 Å². The summed E-state index contributed by atoms with van der Waals surface area (Å²) in [5.41, 5.74) is 5.53. The van der Waals surface area contributed by atoms with Crippen molar-refractivity contribution in [1.82, 2.24) is 9.97 Å².